The first-order chi connectivity index (χ1) is 17.3. The van der Waals surface area contributed by atoms with E-state index in [1.54, 1.807) is 35.4 Å². The summed E-state index contributed by atoms with van der Waals surface area (Å²) in [6.07, 6.45) is 5.31. The number of carbonyl (C=O) groups excluding carboxylic acids is 3. The molecule has 3 amide bonds. The van der Waals surface area contributed by atoms with Crippen LogP contribution in [0.2, 0.25) is 0 Å². The third kappa shape index (κ3) is 4.97. The summed E-state index contributed by atoms with van der Waals surface area (Å²) in [6.45, 7) is 6.63. The van der Waals surface area contributed by atoms with Crippen LogP contribution in [0.1, 0.15) is 57.9 Å². The van der Waals surface area contributed by atoms with Gasteiger partial charge in [-0.05, 0) is 55.2 Å². The predicted octanol–water partition coefficient (Wildman–Crippen LogP) is 2.46. The number of hydrogen-bond donors (Lipinski definition) is 3. The van der Waals surface area contributed by atoms with Crippen LogP contribution in [0.3, 0.4) is 0 Å². The number of anilines is 1. The van der Waals surface area contributed by atoms with Crippen LogP contribution >= 0.6 is 0 Å². The van der Waals surface area contributed by atoms with Crippen LogP contribution in [-0.4, -0.2) is 50.4 Å². The van der Waals surface area contributed by atoms with Crippen molar-refractivity contribution in [3.63, 3.8) is 0 Å². The Balaban J connectivity index is 1.59. The van der Waals surface area contributed by atoms with Gasteiger partial charge >= 0.3 is 0 Å². The quantitative estimate of drug-likeness (QED) is 0.344. The molecular formula is C26H29N7O3. The Morgan fingerprint density at radius 3 is 2.64 bits per heavy atom. The van der Waals surface area contributed by atoms with Crippen LogP contribution in [-0.2, 0) is 11.2 Å². The maximum atomic E-state index is 12.7. The summed E-state index contributed by atoms with van der Waals surface area (Å²) >= 11 is 0. The number of imidazole rings is 1. The largest absolute Gasteiger partial charge is 0.364 e. The molecule has 1 fully saturated rings. The average molecular weight is 488 g/mol. The number of rotatable bonds is 7. The van der Waals surface area contributed by atoms with Crippen molar-refractivity contribution < 1.29 is 14.4 Å². The van der Waals surface area contributed by atoms with Crippen molar-refractivity contribution >= 4 is 23.5 Å². The second kappa shape index (κ2) is 10.4. The van der Waals surface area contributed by atoms with E-state index in [2.05, 4.69) is 21.9 Å². The molecule has 0 radical (unpaired) electrons. The van der Waals surface area contributed by atoms with Crippen molar-refractivity contribution in [3.8, 4) is 11.3 Å². The summed E-state index contributed by atoms with van der Waals surface area (Å²) < 4.78 is 1.22. The third-order valence-corrected chi connectivity index (χ3v) is 6.34. The first kappa shape index (κ1) is 24.6. The minimum absolute atomic E-state index is 0.0648. The van der Waals surface area contributed by atoms with Gasteiger partial charge in [-0.25, -0.2) is 14.6 Å². The molecule has 0 saturated carbocycles. The number of nitrogens with zero attached hydrogens (tertiary/aromatic N) is 4. The number of nitrogens with one attached hydrogen (secondary N) is 1. The molecule has 0 spiro atoms. The maximum Gasteiger partial charge on any atom is 0.269 e. The fraction of sp³-hybridized carbons (Fsp3) is 0.269. The number of piperidine rings is 1. The molecule has 3 heterocycles. The molecule has 1 aromatic carbocycles. The molecule has 1 atom stereocenters. The van der Waals surface area contributed by atoms with Gasteiger partial charge in [-0.1, -0.05) is 25.6 Å². The van der Waals surface area contributed by atoms with E-state index >= 15 is 0 Å². The number of carbonyl (C=O) groups is 3. The molecule has 0 bridgehead atoms. The zero-order valence-electron chi connectivity index (χ0n) is 20.1. The molecule has 1 aliphatic heterocycles. The zero-order valence-corrected chi connectivity index (χ0v) is 20.1. The van der Waals surface area contributed by atoms with Crippen molar-refractivity contribution in [2.24, 2.45) is 5.73 Å². The Kier molecular flexibility index (Phi) is 7.14. The van der Waals surface area contributed by atoms with Gasteiger partial charge in [0.1, 0.15) is 17.3 Å². The van der Waals surface area contributed by atoms with Gasteiger partial charge in [-0.15, -0.1) is 0 Å². The van der Waals surface area contributed by atoms with E-state index in [4.69, 9.17) is 11.6 Å². The van der Waals surface area contributed by atoms with E-state index in [-0.39, 0.29) is 23.4 Å². The molecule has 5 N–H and O–H groups in total. The molecule has 1 saturated heterocycles. The number of amides is 3. The Morgan fingerprint density at radius 1 is 1.22 bits per heavy atom. The molecule has 186 valence electrons. The number of primary amides is 1. The van der Waals surface area contributed by atoms with Gasteiger partial charge in [-0.3, -0.25) is 14.4 Å². The van der Waals surface area contributed by atoms with E-state index in [0.29, 0.717) is 41.6 Å². The van der Waals surface area contributed by atoms with E-state index in [1.807, 2.05) is 19.1 Å². The predicted molar refractivity (Wildman–Crippen MR) is 137 cm³/mol. The van der Waals surface area contributed by atoms with Gasteiger partial charge in [0.15, 0.2) is 5.69 Å². The minimum Gasteiger partial charge on any atom is -0.364 e. The highest BCUT2D eigenvalue weighted by molar-refractivity contribution is 6.04. The molecule has 2 aromatic heterocycles. The van der Waals surface area contributed by atoms with Crippen molar-refractivity contribution in [1.82, 2.24) is 19.5 Å². The summed E-state index contributed by atoms with van der Waals surface area (Å²) in [7, 11) is 0. The van der Waals surface area contributed by atoms with Crippen LogP contribution in [0, 0.1) is 0 Å². The number of hydrogen-bond acceptors (Lipinski definition) is 6. The van der Waals surface area contributed by atoms with Gasteiger partial charge in [0.2, 0.25) is 5.91 Å². The van der Waals surface area contributed by atoms with Gasteiger partial charge in [-0.2, -0.15) is 0 Å². The molecule has 10 nitrogen and oxygen atoms in total. The van der Waals surface area contributed by atoms with Crippen LogP contribution < -0.4 is 16.9 Å². The van der Waals surface area contributed by atoms with Crippen molar-refractivity contribution in [2.45, 2.75) is 32.1 Å². The van der Waals surface area contributed by atoms with Gasteiger partial charge in [0.05, 0.1) is 0 Å². The number of benzene rings is 1. The SMILES string of the molecule is C=CC(=O)N1CCC[C@@H](c2nc(-c3ccc(C(=O)Nc4cc(CC)ccn4)cc3)c(C(N)=O)n2N)C1. The Labute approximate surface area is 209 Å². The topological polar surface area (TPSA) is 149 Å². The van der Waals surface area contributed by atoms with Gasteiger partial charge < -0.3 is 21.8 Å². The standard InChI is InChI=1S/C26H29N7O3/c1-3-16-11-12-29-20(14-16)30-26(36)18-9-7-17(8-10-18)22-23(24(27)35)33(28)25(31-22)19-6-5-13-32(15-19)21(34)4-2/h4,7-12,14,19H,2-3,5-6,13,15,28H2,1H3,(H2,27,35)(H,29,30,36)/t19-/m1/s1. The second-order valence-corrected chi connectivity index (χ2v) is 8.66. The number of nitrogen functional groups attached to an aromatic ring is 1. The van der Waals surface area contributed by atoms with Gasteiger partial charge in [0, 0.05) is 36.3 Å². The summed E-state index contributed by atoms with van der Waals surface area (Å²) in [6, 6.07) is 10.4. The highest BCUT2D eigenvalue weighted by Crippen LogP contribution is 2.31. The molecular weight excluding hydrogens is 458 g/mol. The lowest BCUT2D eigenvalue weighted by Gasteiger charge is -2.31. The minimum atomic E-state index is -0.718. The molecule has 1 aliphatic rings. The second-order valence-electron chi connectivity index (χ2n) is 8.66. The molecule has 10 heteroatoms. The van der Waals surface area contributed by atoms with E-state index in [1.165, 1.54) is 10.8 Å². The normalized spacial score (nSPS) is 15.4. The van der Waals surface area contributed by atoms with Crippen LogP contribution in [0.4, 0.5) is 5.82 Å². The Hall–Kier alpha value is -4.47. The summed E-state index contributed by atoms with van der Waals surface area (Å²) in [5, 5.41) is 2.79. The van der Waals surface area contributed by atoms with E-state index in [0.717, 1.165) is 24.8 Å². The zero-order chi connectivity index (χ0) is 25.8. The van der Waals surface area contributed by atoms with Gasteiger partial charge in [0.25, 0.3) is 11.8 Å². The first-order valence-electron chi connectivity index (χ1n) is 11.8. The Morgan fingerprint density at radius 2 is 1.97 bits per heavy atom. The number of nitrogens with two attached hydrogens (primary N) is 2. The molecule has 4 rings (SSSR count). The third-order valence-electron chi connectivity index (χ3n) is 6.34. The molecule has 3 aromatic rings. The Bertz CT molecular complexity index is 1310. The molecule has 36 heavy (non-hydrogen) atoms. The highest BCUT2D eigenvalue weighted by atomic mass is 16.2. The fourth-order valence-corrected chi connectivity index (χ4v) is 4.42. The lowest BCUT2D eigenvalue weighted by molar-refractivity contribution is -0.127. The number of aryl methyl sites for hydroxylation is 1. The van der Waals surface area contributed by atoms with Crippen LogP contribution in [0.5, 0.6) is 0 Å². The number of aromatic nitrogens is 3. The monoisotopic (exact) mass is 487 g/mol. The fourth-order valence-electron chi connectivity index (χ4n) is 4.42. The lowest BCUT2D eigenvalue weighted by Crippen LogP contribution is -2.39. The summed E-state index contributed by atoms with van der Waals surface area (Å²) in [5.74, 6) is 5.88. The number of likely N-dealkylation sites (tertiary alicyclic amines) is 1. The van der Waals surface area contributed by atoms with Crippen molar-refractivity contribution in [2.75, 3.05) is 24.2 Å². The first-order valence-corrected chi connectivity index (χ1v) is 11.8. The van der Waals surface area contributed by atoms with Crippen molar-refractivity contribution in [3.05, 3.63) is 77.9 Å². The lowest BCUT2D eigenvalue weighted by atomic mass is 9.97. The van der Waals surface area contributed by atoms with Crippen LogP contribution in [0.25, 0.3) is 11.3 Å². The number of pyridine rings is 1. The average Bonchev–Trinajstić information content (AvgIpc) is 3.25. The molecule has 0 unspecified atom stereocenters. The van der Waals surface area contributed by atoms with Crippen molar-refractivity contribution in [1.29, 1.82) is 0 Å². The smallest absolute Gasteiger partial charge is 0.269 e. The molecule has 0 aliphatic carbocycles. The van der Waals surface area contributed by atoms with E-state index in [9.17, 15) is 14.4 Å². The van der Waals surface area contributed by atoms with Crippen LogP contribution in [0.15, 0.2) is 55.3 Å². The van der Waals surface area contributed by atoms with E-state index < -0.39 is 5.91 Å². The summed E-state index contributed by atoms with van der Waals surface area (Å²) in [4.78, 5) is 47.7. The summed E-state index contributed by atoms with van der Waals surface area (Å²) in [5.41, 5.74) is 8.12. The highest BCUT2D eigenvalue weighted by Gasteiger charge is 2.30. The maximum absolute atomic E-state index is 12.7.